The Labute approximate surface area is 85.9 Å². The number of aliphatic hydroxyl groups is 2. The van der Waals surface area contributed by atoms with E-state index in [1.165, 1.54) is 0 Å². The molecule has 0 saturated carbocycles. The van der Waals surface area contributed by atoms with Crippen molar-refractivity contribution in [1.82, 2.24) is 0 Å². The lowest BCUT2D eigenvalue weighted by Crippen LogP contribution is -2.24. The van der Waals surface area contributed by atoms with Gasteiger partial charge in [0.1, 0.15) is 0 Å². The first kappa shape index (κ1) is 13.8. The third-order valence-electron chi connectivity index (χ3n) is 1.44. The van der Waals surface area contributed by atoms with Crippen molar-refractivity contribution >= 4 is 11.9 Å². The highest BCUT2D eigenvalue weighted by Gasteiger charge is 2.12. The molecule has 0 amide bonds. The predicted molar refractivity (Wildman–Crippen MR) is 47.3 cm³/mol. The number of aliphatic hydroxyl groups excluding tert-OH is 2. The minimum atomic E-state index is -1.16. The summed E-state index contributed by atoms with van der Waals surface area (Å²) >= 11 is 0. The monoisotopic (exact) mass is 222 g/mol. The van der Waals surface area contributed by atoms with Gasteiger partial charge in [-0.1, -0.05) is 0 Å². The SMILES string of the molecule is O=C(O)CC(O)COCC(O)CC(=O)O. The van der Waals surface area contributed by atoms with E-state index in [-0.39, 0.29) is 13.2 Å². The van der Waals surface area contributed by atoms with E-state index in [1.54, 1.807) is 0 Å². The number of hydrogen-bond acceptors (Lipinski definition) is 5. The van der Waals surface area contributed by atoms with Gasteiger partial charge in [0.15, 0.2) is 0 Å². The molecule has 15 heavy (non-hydrogen) atoms. The van der Waals surface area contributed by atoms with Crippen LogP contribution in [-0.2, 0) is 14.3 Å². The molecule has 2 unspecified atom stereocenters. The number of rotatable bonds is 8. The van der Waals surface area contributed by atoms with E-state index in [0.29, 0.717) is 0 Å². The van der Waals surface area contributed by atoms with Crippen LogP contribution in [0.15, 0.2) is 0 Å². The minimum absolute atomic E-state index is 0.247. The molecule has 7 nitrogen and oxygen atoms in total. The fourth-order valence-corrected chi connectivity index (χ4v) is 0.861. The molecule has 0 rings (SSSR count). The van der Waals surface area contributed by atoms with Crippen molar-refractivity contribution in [1.29, 1.82) is 0 Å². The van der Waals surface area contributed by atoms with Gasteiger partial charge in [-0.3, -0.25) is 9.59 Å². The van der Waals surface area contributed by atoms with E-state index in [9.17, 15) is 9.59 Å². The molecule has 2 atom stereocenters. The van der Waals surface area contributed by atoms with Gasteiger partial charge in [0, 0.05) is 0 Å². The first-order valence-electron chi connectivity index (χ1n) is 4.29. The maximum atomic E-state index is 10.1. The second kappa shape index (κ2) is 7.16. The van der Waals surface area contributed by atoms with Crippen molar-refractivity contribution < 1.29 is 34.8 Å². The zero-order chi connectivity index (χ0) is 11.8. The van der Waals surface area contributed by atoms with Crippen molar-refractivity contribution in [3.63, 3.8) is 0 Å². The van der Waals surface area contributed by atoms with Crippen LogP contribution in [-0.4, -0.2) is 57.8 Å². The van der Waals surface area contributed by atoms with Gasteiger partial charge in [0.05, 0.1) is 38.3 Å². The highest BCUT2D eigenvalue weighted by atomic mass is 16.5. The van der Waals surface area contributed by atoms with Gasteiger partial charge in [0.25, 0.3) is 0 Å². The molecule has 0 bridgehead atoms. The van der Waals surface area contributed by atoms with Crippen molar-refractivity contribution in [2.75, 3.05) is 13.2 Å². The third-order valence-corrected chi connectivity index (χ3v) is 1.44. The molecule has 0 saturated heterocycles. The third kappa shape index (κ3) is 9.13. The van der Waals surface area contributed by atoms with Gasteiger partial charge in [-0.05, 0) is 0 Å². The zero-order valence-corrected chi connectivity index (χ0v) is 8.00. The largest absolute Gasteiger partial charge is 0.481 e. The minimum Gasteiger partial charge on any atom is -0.481 e. The molecule has 0 aromatic heterocycles. The average molecular weight is 222 g/mol. The molecule has 88 valence electrons. The topological polar surface area (TPSA) is 124 Å². The van der Waals surface area contributed by atoms with E-state index in [1.807, 2.05) is 0 Å². The molecule has 0 aliphatic rings. The summed E-state index contributed by atoms with van der Waals surface area (Å²) in [6.45, 7) is -0.494. The van der Waals surface area contributed by atoms with Gasteiger partial charge in [-0.2, -0.15) is 0 Å². The number of carboxylic acid groups (broad SMARTS) is 2. The van der Waals surface area contributed by atoms with Crippen LogP contribution in [0.4, 0.5) is 0 Å². The van der Waals surface area contributed by atoms with Crippen molar-refractivity contribution in [2.24, 2.45) is 0 Å². The maximum absolute atomic E-state index is 10.1. The van der Waals surface area contributed by atoms with Crippen LogP contribution in [0.1, 0.15) is 12.8 Å². The Morgan fingerprint density at radius 3 is 1.53 bits per heavy atom. The van der Waals surface area contributed by atoms with Crippen LogP contribution in [0.2, 0.25) is 0 Å². The Morgan fingerprint density at radius 1 is 0.933 bits per heavy atom. The summed E-state index contributed by atoms with van der Waals surface area (Å²) in [6, 6.07) is 0. The standard InChI is InChI=1S/C8H14O7/c9-5(1-7(11)12)3-15-4-6(10)2-8(13)14/h5-6,9-10H,1-4H2,(H,11,12)(H,13,14). The summed E-state index contributed by atoms with van der Waals surface area (Å²) in [5.74, 6) is -2.31. The van der Waals surface area contributed by atoms with E-state index >= 15 is 0 Å². The predicted octanol–water partition coefficient (Wildman–Crippen LogP) is -1.33. The molecule has 0 heterocycles. The molecule has 0 radical (unpaired) electrons. The zero-order valence-electron chi connectivity index (χ0n) is 8.00. The van der Waals surface area contributed by atoms with Crippen LogP contribution >= 0.6 is 0 Å². The quantitative estimate of drug-likeness (QED) is 0.401. The normalized spacial score (nSPS) is 14.5. The summed E-state index contributed by atoms with van der Waals surface area (Å²) in [5.41, 5.74) is 0. The smallest absolute Gasteiger partial charge is 0.306 e. The molecule has 7 heteroatoms. The fourth-order valence-electron chi connectivity index (χ4n) is 0.861. The first-order valence-corrected chi connectivity index (χ1v) is 4.29. The highest BCUT2D eigenvalue weighted by Crippen LogP contribution is 1.96. The van der Waals surface area contributed by atoms with Crippen LogP contribution in [0.25, 0.3) is 0 Å². The van der Waals surface area contributed by atoms with Crippen molar-refractivity contribution in [3.05, 3.63) is 0 Å². The van der Waals surface area contributed by atoms with Gasteiger partial charge in [0.2, 0.25) is 0 Å². The summed E-state index contributed by atoms with van der Waals surface area (Å²) in [6.07, 6.45) is -3.21. The van der Waals surface area contributed by atoms with Crippen LogP contribution < -0.4 is 0 Å². The molecule has 0 aliphatic carbocycles. The maximum Gasteiger partial charge on any atom is 0.306 e. The van der Waals surface area contributed by atoms with E-state index in [2.05, 4.69) is 0 Å². The first-order chi connectivity index (χ1) is 6.91. The second-order valence-corrected chi connectivity index (χ2v) is 3.04. The van der Waals surface area contributed by atoms with Crippen LogP contribution in [0.3, 0.4) is 0 Å². The molecule has 4 N–H and O–H groups in total. The summed E-state index contributed by atoms with van der Waals surface area (Å²) in [7, 11) is 0. The highest BCUT2D eigenvalue weighted by molar-refractivity contribution is 5.67. The second-order valence-electron chi connectivity index (χ2n) is 3.04. The number of carboxylic acids is 2. The molecule has 0 fully saturated rings. The lowest BCUT2D eigenvalue weighted by molar-refractivity contribution is -0.140. The summed E-state index contributed by atoms with van der Waals surface area (Å²) < 4.78 is 4.73. The number of ether oxygens (including phenoxy) is 1. The molecule has 0 aliphatic heterocycles. The van der Waals surface area contributed by atoms with Crippen molar-refractivity contribution in [3.8, 4) is 0 Å². The summed E-state index contributed by atoms with van der Waals surface area (Å²) in [5, 5.41) is 34.6. The van der Waals surface area contributed by atoms with E-state index < -0.39 is 37.0 Å². The average Bonchev–Trinajstić information content (AvgIpc) is 2.00. The number of carbonyl (C=O) groups is 2. The van der Waals surface area contributed by atoms with Crippen LogP contribution in [0, 0.1) is 0 Å². The fraction of sp³-hybridized carbons (Fsp3) is 0.750. The lowest BCUT2D eigenvalue weighted by Gasteiger charge is -2.11. The number of aliphatic carboxylic acids is 2. The molecular formula is C8H14O7. The Kier molecular flexibility index (Phi) is 6.59. The number of hydrogen-bond donors (Lipinski definition) is 4. The molecular weight excluding hydrogens is 208 g/mol. The van der Waals surface area contributed by atoms with E-state index in [0.717, 1.165) is 0 Å². The van der Waals surface area contributed by atoms with Gasteiger partial charge in [-0.25, -0.2) is 0 Å². The summed E-state index contributed by atoms with van der Waals surface area (Å²) in [4.78, 5) is 20.2. The molecule has 0 aromatic rings. The van der Waals surface area contributed by atoms with Crippen LogP contribution in [0.5, 0.6) is 0 Å². The van der Waals surface area contributed by atoms with Gasteiger partial charge < -0.3 is 25.2 Å². The van der Waals surface area contributed by atoms with Gasteiger partial charge in [-0.15, -0.1) is 0 Å². The lowest BCUT2D eigenvalue weighted by atomic mass is 10.2. The Balaban J connectivity index is 3.52. The Morgan fingerprint density at radius 2 is 1.27 bits per heavy atom. The Bertz CT molecular complexity index is 193. The van der Waals surface area contributed by atoms with E-state index in [4.69, 9.17) is 25.2 Å². The molecule has 0 spiro atoms. The van der Waals surface area contributed by atoms with Gasteiger partial charge >= 0.3 is 11.9 Å². The Hall–Kier alpha value is -1.18. The molecule has 0 aromatic carbocycles. The van der Waals surface area contributed by atoms with Crippen molar-refractivity contribution in [2.45, 2.75) is 25.0 Å².